The van der Waals surface area contributed by atoms with Gasteiger partial charge in [-0.25, -0.2) is 4.98 Å². The summed E-state index contributed by atoms with van der Waals surface area (Å²) >= 11 is 5.88. The molecule has 3 aromatic rings. The molecule has 0 aliphatic rings. The minimum Gasteiger partial charge on any atom is -0.366 e. The summed E-state index contributed by atoms with van der Waals surface area (Å²) in [6.45, 7) is 1.84. The SMILES string of the molecule is Cc1ccnc(-c2ccc3nc(Cl)ccc3c2)c1C(N)=O. The van der Waals surface area contributed by atoms with Gasteiger partial charge in [0.25, 0.3) is 5.91 Å². The van der Waals surface area contributed by atoms with E-state index in [1.54, 1.807) is 18.3 Å². The number of halogens is 1. The lowest BCUT2D eigenvalue weighted by Gasteiger charge is -2.09. The first-order chi connectivity index (χ1) is 10.1. The first-order valence-corrected chi connectivity index (χ1v) is 6.76. The molecule has 0 fully saturated rings. The van der Waals surface area contributed by atoms with Crippen LogP contribution >= 0.6 is 11.6 Å². The van der Waals surface area contributed by atoms with E-state index in [1.807, 2.05) is 31.2 Å². The molecule has 2 aromatic heterocycles. The molecule has 0 atom stereocenters. The van der Waals surface area contributed by atoms with E-state index in [4.69, 9.17) is 17.3 Å². The van der Waals surface area contributed by atoms with Gasteiger partial charge in [0.1, 0.15) is 5.15 Å². The van der Waals surface area contributed by atoms with Crippen molar-refractivity contribution in [2.24, 2.45) is 5.73 Å². The summed E-state index contributed by atoms with van der Waals surface area (Å²) in [5.41, 5.74) is 8.92. The van der Waals surface area contributed by atoms with E-state index in [0.29, 0.717) is 16.4 Å². The summed E-state index contributed by atoms with van der Waals surface area (Å²) in [6.07, 6.45) is 1.67. The molecule has 0 saturated carbocycles. The third-order valence-corrected chi connectivity index (χ3v) is 3.54. The molecule has 3 rings (SSSR count). The number of amides is 1. The maximum absolute atomic E-state index is 11.7. The van der Waals surface area contributed by atoms with Gasteiger partial charge in [-0.3, -0.25) is 9.78 Å². The van der Waals surface area contributed by atoms with Gasteiger partial charge >= 0.3 is 0 Å². The van der Waals surface area contributed by atoms with Crippen LogP contribution in [0.4, 0.5) is 0 Å². The highest BCUT2D eigenvalue weighted by Gasteiger charge is 2.14. The molecular formula is C16H12ClN3O. The average molecular weight is 298 g/mol. The number of carbonyl (C=O) groups is 1. The first kappa shape index (κ1) is 13.5. The van der Waals surface area contributed by atoms with Crippen molar-refractivity contribution in [3.8, 4) is 11.3 Å². The summed E-state index contributed by atoms with van der Waals surface area (Å²) in [5.74, 6) is -0.482. The number of nitrogens with zero attached hydrogens (tertiary/aromatic N) is 2. The van der Waals surface area contributed by atoms with Gasteiger partial charge in [0, 0.05) is 17.1 Å². The highest BCUT2D eigenvalue weighted by Crippen LogP contribution is 2.27. The molecule has 21 heavy (non-hydrogen) atoms. The summed E-state index contributed by atoms with van der Waals surface area (Å²) in [6, 6.07) is 11.0. The van der Waals surface area contributed by atoms with Crippen molar-refractivity contribution in [2.75, 3.05) is 0 Å². The molecule has 0 aliphatic heterocycles. The fraction of sp³-hybridized carbons (Fsp3) is 0.0625. The second kappa shape index (κ2) is 5.14. The smallest absolute Gasteiger partial charge is 0.251 e. The van der Waals surface area contributed by atoms with Crippen LogP contribution in [-0.2, 0) is 0 Å². The number of pyridine rings is 2. The molecule has 104 valence electrons. The molecule has 0 bridgehead atoms. The molecule has 2 heterocycles. The van der Waals surface area contributed by atoms with Crippen molar-refractivity contribution in [3.05, 3.63) is 58.9 Å². The highest BCUT2D eigenvalue weighted by atomic mass is 35.5. The van der Waals surface area contributed by atoms with Crippen LogP contribution in [0.15, 0.2) is 42.6 Å². The van der Waals surface area contributed by atoms with E-state index >= 15 is 0 Å². The van der Waals surface area contributed by atoms with Crippen molar-refractivity contribution < 1.29 is 4.79 Å². The van der Waals surface area contributed by atoms with Gasteiger partial charge in [0.2, 0.25) is 0 Å². The van der Waals surface area contributed by atoms with Gasteiger partial charge in [-0.05, 0) is 42.8 Å². The number of hydrogen-bond donors (Lipinski definition) is 1. The number of aryl methyl sites for hydroxylation is 1. The molecule has 0 radical (unpaired) electrons. The molecule has 1 amide bonds. The van der Waals surface area contributed by atoms with E-state index in [1.165, 1.54) is 0 Å². The third-order valence-electron chi connectivity index (χ3n) is 3.33. The number of hydrogen-bond acceptors (Lipinski definition) is 3. The van der Waals surface area contributed by atoms with Crippen LogP contribution < -0.4 is 5.73 Å². The van der Waals surface area contributed by atoms with Crippen LogP contribution in [0, 0.1) is 6.92 Å². The normalized spacial score (nSPS) is 10.8. The zero-order valence-corrected chi connectivity index (χ0v) is 12.1. The summed E-state index contributed by atoms with van der Waals surface area (Å²) in [4.78, 5) is 20.2. The molecular weight excluding hydrogens is 286 g/mol. The van der Waals surface area contributed by atoms with Crippen molar-refractivity contribution in [1.82, 2.24) is 9.97 Å². The van der Waals surface area contributed by atoms with E-state index in [-0.39, 0.29) is 0 Å². The van der Waals surface area contributed by atoms with Gasteiger partial charge in [0.15, 0.2) is 0 Å². The van der Waals surface area contributed by atoms with E-state index < -0.39 is 5.91 Å². The van der Waals surface area contributed by atoms with Crippen LogP contribution in [-0.4, -0.2) is 15.9 Å². The van der Waals surface area contributed by atoms with Crippen LogP contribution in [0.25, 0.3) is 22.2 Å². The van der Waals surface area contributed by atoms with E-state index in [0.717, 1.165) is 22.0 Å². The molecule has 0 spiro atoms. The lowest BCUT2D eigenvalue weighted by Crippen LogP contribution is -2.15. The predicted molar refractivity (Wildman–Crippen MR) is 83.2 cm³/mol. The second-order valence-corrected chi connectivity index (χ2v) is 5.14. The average Bonchev–Trinajstić information content (AvgIpc) is 2.46. The van der Waals surface area contributed by atoms with Crippen molar-refractivity contribution >= 4 is 28.4 Å². The van der Waals surface area contributed by atoms with Crippen LogP contribution in [0.2, 0.25) is 5.15 Å². The van der Waals surface area contributed by atoms with Crippen molar-refractivity contribution in [3.63, 3.8) is 0 Å². The number of nitrogens with two attached hydrogens (primary N) is 1. The Hall–Kier alpha value is -2.46. The molecule has 2 N–H and O–H groups in total. The lowest BCUT2D eigenvalue weighted by atomic mass is 10.00. The number of rotatable bonds is 2. The van der Waals surface area contributed by atoms with Crippen molar-refractivity contribution in [2.45, 2.75) is 6.92 Å². The highest BCUT2D eigenvalue weighted by molar-refractivity contribution is 6.29. The van der Waals surface area contributed by atoms with Crippen LogP contribution in [0.5, 0.6) is 0 Å². The van der Waals surface area contributed by atoms with Crippen LogP contribution in [0.1, 0.15) is 15.9 Å². The fourth-order valence-corrected chi connectivity index (χ4v) is 2.49. The fourth-order valence-electron chi connectivity index (χ4n) is 2.34. The van der Waals surface area contributed by atoms with Crippen LogP contribution in [0.3, 0.4) is 0 Å². The Morgan fingerprint density at radius 3 is 2.76 bits per heavy atom. The van der Waals surface area contributed by atoms with Gasteiger partial charge in [-0.1, -0.05) is 17.7 Å². The molecule has 1 aromatic carbocycles. The van der Waals surface area contributed by atoms with Gasteiger partial charge in [0.05, 0.1) is 16.8 Å². The van der Waals surface area contributed by atoms with Gasteiger partial charge in [-0.15, -0.1) is 0 Å². The second-order valence-electron chi connectivity index (χ2n) is 4.76. The summed E-state index contributed by atoms with van der Waals surface area (Å²) < 4.78 is 0. The Kier molecular flexibility index (Phi) is 3.31. The lowest BCUT2D eigenvalue weighted by molar-refractivity contribution is 0.1000. The number of primary amides is 1. The molecule has 5 heteroatoms. The van der Waals surface area contributed by atoms with Crippen molar-refractivity contribution in [1.29, 1.82) is 0 Å². The quantitative estimate of drug-likeness (QED) is 0.737. The minimum atomic E-state index is -0.482. The number of carbonyl (C=O) groups excluding carboxylic acids is 1. The topological polar surface area (TPSA) is 68.9 Å². The largest absolute Gasteiger partial charge is 0.366 e. The molecule has 0 unspecified atom stereocenters. The Morgan fingerprint density at radius 1 is 1.19 bits per heavy atom. The number of aromatic nitrogens is 2. The summed E-state index contributed by atoms with van der Waals surface area (Å²) in [7, 11) is 0. The van der Waals surface area contributed by atoms with Gasteiger partial charge < -0.3 is 5.73 Å². The Bertz CT molecular complexity index is 861. The zero-order chi connectivity index (χ0) is 15.0. The van der Waals surface area contributed by atoms with Gasteiger partial charge in [-0.2, -0.15) is 0 Å². The maximum atomic E-state index is 11.7. The Labute approximate surface area is 126 Å². The zero-order valence-electron chi connectivity index (χ0n) is 11.3. The Morgan fingerprint density at radius 2 is 2.00 bits per heavy atom. The molecule has 0 aliphatic carbocycles. The first-order valence-electron chi connectivity index (χ1n) is 6.38. The number of benzene rings is 1. The summed E-state index contributed by atoms with van der Waals surface area (Å²) in [5, 5.41) is 1.37. The molecule has 4 nitrogen and oxygen atoms in total. The Balaban J connectivity index is 2.24. The standard InChI is InChI=1S/C16H12ClN3O/c1-9-6-7-19-15(14(9)16(18)21)11-2-4-12-10(8-11)3-5-13(17)20-12/h2-8H,1H3,(H2,18,21). The third kappa shape index (κ3) is 2.45. The maximum Gasteiger partial charge on any atom is 0.251 e. The monoisotopic (exact) mass is 297 g/mol. The minimum absolute atomic E-state index is 0.443. The van der Waals surface area contributed by atoms with E-state index in [9.17, 15) is 4.79 Å². The predicted octanol–water partition coefficient (Wildman–Crippen LogP) is 3.36. The van der Waals surface area contributed by atoms with E-state index in [2.05, 4.69) is 9.97 Å². The number of fused-ring (bicyclic) bond motifs is 1. The molecule has 0 saturated heterocycles.